The molecule has 0 heterocycles. The zero-order valence-electron chi connectivity index (χ0n) is 45.0. The smallest absolute Gasteiger partial charge is 0.306 e. The Labute approximate surface area is 417 Å². The Kier molecular flexibility index (Phi) is 53.4. The van der Waals surface area contributed by atoms with E-state index in [2.05, 4.69) is 62.5 Å². The van der Waals surface area contributed by atoms with Crippen LogP contribution in [0.15, 0.2) is 36.5 Å². The van der Waals surface area contributed by atoms with Crippen molar-refractivity contribution in [2.45, 2.75) is 334 Å². The third-order valence-electron chi connectivity index (χ3n) is 13.7. The Morgan fingerprint density at radius 1 is 0.433 bits per heavy atom. The lowest BCUT2D eigenvalue weighted by Gasteiger charge is -2.24. The fraction of sp³-hybridized carbons (Fsp3) is 0.869. The molecular weight excluding hydrogens is 827 g/mol. The first-order valence-electron chi connectivity index (χ1n) is 29.7. The molecule has 0 aromatic rings. The summed E-state index contributed by atoms with van der Waals surface area (Å²) in [5, 5.41) is 23.9. The number of carbonyl (C=O) groups is 2. The molecule has 0 saturated heterocycles. The van der Waals surface area contributed by atoms with E-state index in [9.17, 15) is 19.8 Å². The highest BCUT2D eigenvalue weighted by Crippen LogP contribution is 2.18. The Bertz CT molecular complexity index is 1100. The van der Waals surface area contributed by atoms with Crippen molar-refractivity contribution in [3.05, 3.63) is 36.5 Å². The van der Waals surface area contributed by atoms with Crippen molar-refractivity contribution in [1.82, 2.24) is 5.32 Å². The van der Waals surface area contributed by atoms with Gasteiger partial charge in [0.15, 0.2) is 0 Å². The van der Waals surface area contributed by atoms with Crippen molar-refractivity contribution in [2.24, 2.45) is 0 Å². The molecule has 0 fully saturated rings. The number of unbranched alkanes of at least 4 members (excludes halogenated alkanes) is 36. The molecule has 0 bridgehead atoms. The number of nitrogens with one attached hydrogen (secondary N) is 1. The van der Waals surface area contributed by atoms with Gasteiger partial charge in [0.2, 0.25) is 5.91 Å². The van der Waals surface area contributed by atoms with Gasteiger partial charge in [-0.15, -0.1) is 0 Å². The van der Waals surface area contributed by atoms with Crippen molar-refractivity contribution >= 4 is 11.9 Å². The largest absolute Gasteiger partial charge is 0.462 e. The number of allylic oxidation sites excluding steroid dienone is 6. The molecular formula is C61H115NO5. The number of aliphatic hydroxyl groups is 2. The van der Waals surface area contributed by atoms with Gasteiger partial charge in [0.1, 0.15) is 6.10 Å². The van der Waals surface area contributed by atoms with Crippen molar-refractivity contribution in [3.63, 3.8) is 0 Å². The number of ether oxygens (including phenoxy) is 1. The van der Waals surface area contributed by atoms with E-state index >= 15 is 0 Å². The Morgan fingerprint density at radius 3 is 1.19 bits per heavy atom. The summed E-state index contributed by atoms with van der Waals surface area (Å²) < 4.78 is 5.96. The summed E-state index contributed by atoms with van der Waals surface area (Å²) in [4.78, 5) is 26.3. The highest BCUT2D eigenvalue weighted by molar-refractivity contribution is 5.77. The molecule has 0 aliphatic rings. The Hall–Kier alpha value is -1.92. The Morgan fingerprint density at radius 2 is 0.761 bits per heavy atom. The lowest BCUT2D eigenvalue weighted by Crippen LogP contribution is -2.46. The number of amides is 1. The minimum absolute atomic E-state index is 0.0670. The van der Waals surface area contributed by atoms with Crippen LogP contribution < -0.4 is 5.32 Å². The molecule has 394 valence electrons. The molecule has 3 N–H and O–H groups in total. The van der Waals surface area contributed by atoms with Crippen molar-refractivity contribution in [1.29, 1.82) is 0 Å². The maximum absolute atomic E-state index is 13.3. The molecule has 1 amide bonds. The first kappa shape index (κ1) is 65.1. The fourth-order valence-corrected chi connectivity index (χ4v) is 9.16. The number of rotatable bonds is 54. The van der Waals surface area contributed by atoms with Crippen LogP contribution in [0.1, 0.15) is 316 Å². The SMILES string of the molecule is CCCCC/C=C\C/C=C\CCCCCCCCCC(=O)OC(CCCCC/C=C/CCCCCCCCCCC)CC(=O)NC(CO)C(O)CCCCCCCCCCCCCCCCC. The number of aliphatic hydroxyl groups excluding tert-OH is 2. The van der Waals surface area contributed by atoms with E-state index in [1.807, 2.05) is 0 Å². The van der Waals surface area contributed by atoms with E-state index in [1.54, 1.807) is 0 Å². The van der Waals surface area contributed by atoms with Crippen LogP contribution in [0.2, 0.25) is 0 Å². The monoisotopic (exact) mass is 942 g/mol. The summed E-state index contributed by atoms with van der Waals surface area (Å²) in [6, 6.07) is -0.707. The van der Waals surface area contributed by atoms with Gasteiger partial charge >= 0.3 is 5.97 Å². The summed E-state index contributed by atoms with van der Waals surface area (Å²) in [5.74, 6) is -0.483. The average Bonchev–Trinajstić information content (AvgIpc) is 3.32. The maximum Gasteiger partial charge on any atom is 0.306 e. The second-order valence-corrected chi connectivity index (χ2v) is 20.4. The zero-order valence-corrected chi connectivity index (χ0v) is 45.0. The molecule has 0 rings (SSSR count). The molecule has 0 aromatic carbocycles. The van der Waals surface area contributed by atoms with Crippen molar-refractivity contribution in [3.8, 4) is 0 Å². The van der Waals surface area contributed by atoms with Gasteiger partial charge in [-0.25, -0.2) is 0 Å². The van der Waals surface area contributed by atoms with Gasteiger partial charge in [0, 0.05) is 6.42 Å². The lowest BCUT2D eigenvalue weighted by atomic mass is 10.0. The molecule has 0 radical (unpaired) electrons. The molecule has 3 atom stereocenters. The minimum atomic E-state index is -0.792. The predicted octanol–water partition coefficient (Wildman–Crippen LogP) is 18.4. The average molecular weight is 943 g/mol. The Balaban J connectivity index is 4.57. The van der Waals surface area contributed by atoms with E-state index < -0.39 is 18.2 Å². The van der Waals surface area contributed by atoms with Crippen molar-refractivity contribution in [2.75, 3.05) is 6.61 Å². The van der Waals surface area contributed by atoms with Gasteiger partial charge in [-0.2, -0.15) is 0 Å². The second kappa shape index (κ2) is 55.0. The molecule has 0 aromatic heterocycles. The number of hydrogen-bond donors (Lipinski definition) is 3. The first-order chi connectivity index (χ1) is 33.0. The highest BCUT2D eigenvalue weighted by Gasteiger charge is 2.24. The predicted molar refractivity (Wildman–Crippen MR) is 292 cm³/mol. The quantitative estimate of drug-likeness (QED) is 0.0321. The summed E-state index contributed by atoms with van der Waals surface area (Å²) in [7, 11) is 0. The summed E-state index contributed by atoms with van der Waals surface area (Å²) >= 11 is 0. The lowest BCUT2D eigenvalue weighted by molar-refractivity contribution is -0.151. The molecule has 0 saturated carbocycles. The van der Waals surface area contributed by atoms with Gasteiger partial charge in [-0.05, 0) is 83.5 Å². The van der Waals surface area contributed by atoms with E-state index in [0.29, 0.717) is 19.3 Å². The van der Waals surface area contributed by atoms with Crippen LogP contribution in [-0.2, 0) is 14.3 Å². The molecule has 67 heavy (non-hydrogen) atoms. The van der Waals surface area contributed by atoms with Gasteiger partial charge in [-0.1, -0.05) is 256 Å². The zero-order chi connectivity index (χ0) is 48.8. The number of esters is 1. The second-order valence-electron chi connectivity index (χ2n) is 20.4. The molecule has 0 aliphatic carbocycles. The summed E-state index contributed by atoms with van der Waals surface area (Å²) in [6.07, 6.45) is 66.4. The maximum atomic E-state index is 13.3. The summed E-state index contributed by atoms with van der Waals surface area (Å²) in [6.45, 7) is 6.49. The highest BCUT2D eigenvalue weighted by atomic mass is 16.5. The minimum Gasteiger partial charge on any atom is -0.462 e. The van der Waals surface area contributed by atoms with E-state index in [4.69, 9.17) is 4.74 Å². The first-order valence-corrected chi connectivity index (χ1v) is 29.7. The molecule has 6 heteroatoms. The van der Waals surface area contributed by atoms with Gasteiger partial charge in [-0.3, -0.25) is 9.59 Å². The van der Waals surface area contributed by atoms with Crippen LogP contribution in [0.4, 0.5) is 0 Å². The van der Waals surface area contributed by atoms with Gasteiger partial charge < -0.3 is 20.3 Å². The molecule has 0 spiro atoms. The van der Waals surface area contributed by atoms with E-state index in [0.717, 1.165) is 70.6 Å². The van der Waals surface area contributed by atoms with Gasteiger partial charge in [0.05, 0.1) is 25.2 Å². The van der Waals surface area contributed by atoms with Crippen molar-refractivity contribution < 1.29 is 24.5 Å². The topological polar surface area (TPSA) is 95.9 Å². The molecule has 6 nitrogen and oxygen atoms in total. The van der Waals surface area contributed by atoms with Crippen LogP contribution in [0, 0.1) is 0 Å². The van der Waals surface area contributed by atoms with E-state index in [-0.39, 0.29) is 24.9 Å². The third kappa shape index (κ3) is 50.3. The van der Waals surface area contributed by atoms with Crippen LogP contribution >= 0.6 is 0 Å². The van der Waals surface area contributed by atoms with Crippen LogP contribution in [0.3, 0.4) is 0 Å². The molecule has 3 unspecified atom stereocenters. The van der Waals surface area contributed by atoms with Gasteiger partial charge in [0.25, 0.3) is 0 Å². The normalized spacial score (nSPS) is 13.3. The van der Waals surface area contributed by atoms with Crippen LogP contribution in [-0.4, -0.2) is 46.9 Å². The molecule has 0 aliphatic heterocycles. The number of hydrogen-bond acceptors (Lipinski definition) is 5. The third-order valence-corrected chi connectivity index (χ3v) is 13.7. The van der Waals surface area contributed by atoms with Crippen LogP contribution in [0.5, 0.6) is 0 Å². The standard InChI is InChI=1S/C61H115NO5/c1-4-7-10-13-16-19-22-25-28-30-33-36-39-42-45-48-51-54-61(66)67-57(52-49-46-43-40-37-34-32-29-26-23-20-17-14-11-8-5-2)55-60(65)62-58(56-63)59(64)53-50-47-44-41-38-35-31-27-24-21-18-15-12-9-6-3/h16,19,25,28,34,37,57-59,63-64H,4-15,17-18,20-24,26-27,29-33,35-36,38-56H2,1-3H3,(H,62,65)/b19-16-,28-25-,37-34+. The fourth-order valence-electron chi connectivity index (χ4n) is 9.16. The number of carbonyl (C=O) groups excluding carboxylic acids is 2. The van der Waals surface area contributed by atoms with Crippen LogP contribution in [0.25, 0.3) is 0 Å². The summed E-state index contributed by atoms with van der Waals surface area (Å²) in [5.41, 5.74) is 0. The van der Waals surface area contributed by atoms with E-state index in [1.165, 1.54) is 199 Å².